The zero-order chi connectivity index (χ0) is 11.1. The molecular weight excluding hydrogens is 255 g/mol. The molecule has 0 amide bonds. The van der Waals surface area contributed by atoms with E-state index in [0.29, 0.717) is 10.6 Å². The highest BCUT2D eigenvalue weighted by Gasteiger charge is 2.14. The van der Waals surface area contributed by atoms with Crippen LogP contribution >= 0.6 is 22.3 Å². The van der Waals surface area contributed by atoms with Crippen molar-refractivity contribution in [3.8, 4) is 0 Å². The van der Waals surface area contributed by atoms with Crippen LogP contribution in [0.2, 0.25) is 5.02 Å². The number of allylic oxidation sites excluding steroid dienone is 1. The average molecular weight is 263 g/mol. The van der Waals surface area contributed by atoms with Gasteiger partial charge in [-0.15, -0.1) is 0 Å². The molecule has 0 fully saturated rings. The van der Waals surface area contributed by atoms with Gasteiger partial charge in [0.1, 0.15) is 0 Å². The van der Waals surface area contributed by atoms with Crippen molar-refractivity contribution in [2.24, 2.45) is 0 Å². The fourth-order valence-electron chi connectivity index (χ4n) is 1.67. The van der Waals surface area contributed by atoms with E-state index in [0.717, 1.165) is 17.5 Å². The van der Waals surface area contributed by atoms with Crippen molar-refractivity contribution in [1.29, 1.82) is 0 Å². The lowest BCUT2D eigenvalue weighted by Gasteiger charge is -2.05. The molecule has 2 nitrogen and oxygen atoms in total. The summed E-state index contributed by atoms with van der Waals surface area (Å²) in [5, 5.41) is 0.604. The number of fused-ring (bicyclic) bond motifs is 1. The third-order valence-corrected chi connectivity index (χ3v) is 3.59. The van der Waals surface area contributed by atoms with Crippen molar-refractivity contribution < 1.29 is 8.42 Å². The summed E-state index contributed by atoms with van der Waals surface area (Å²) in [5.41, 5.74) is 2.66. The fourth-order valence-corrected chi connectivity index (χ4v) is 2.94. The van der Waals surface area contributed by atoms with Gasteiger partial charge in [0.05, 0.1) is 5.75 Å². The molecule has 1 aliphatic rings. The highest BCUT2D eigenvalue weighted by molar-refractivity contribution is 8.13. The fraction of sp³-hybridized carbons (Fsp3) is 0.200. The zero-order valence-electron chi connectivity index (χ0n) is 7.70. The molecule has 0 heterocycles. The predicted octanol–water partition coefficient (Wildman–Crippen LogP) is 2.98. The molecule has 80 valence electrons. The maximum Gasteiger partial charge on any atom is 0.236 e. The topological polar surface area (TPSA) is 34.1 Å². The third kappa shape index (κ3) is 2.54. The van der Waals surface area contributed by atoms with E-state index >= 15 is 0 Å². The normalized spacial score (nSPS) is 14.3. The highest BCUT2D eigenvalue weighted by atomic mass is 35.7. The van der Waals surface area contributed by atoms with Gasteiger partial charge in [0.2, 0.25) is 9.05 Å². The van der Waals surface area contributed by atoms with Gasteiger partial charge >= 0.3 is 0 Å². The molecular formula is C10H8Cl2O2S. The highest BCUT2D eigenvalue weighted by Crippen LogP contribution is 2.29. The predicted molar refractivity (Wildman–Crippen MR) is 62.7 cm³/mol. The summed E-state index contributed by atoms with van der Waals surface area (Å²) in [5.74, 6) is -0.185. The largest absolute Gasteiger partial charge is 0.236 e. The van der Waals surface area contributed by atoms with Crippen LogP contribution in [0.1, 0.15) is 16.7 Å². The van der Waals surface area contributed by atoms with E-state index in [1.165, 1.54) is 0 Å². The number of rotatable bonds is 2. The van der Waals surface area contributed by atoms with Crippen molar-refractivity contribution in [3.63, 3.8) is 0 Å². The molecule has 1 aromatic carbocycles. The molecule has 0 aromatic heterocycles. The van der Waals surface area contributed by atoms with E-state index < -0.39 is 9.05 Å². The molecule has 0 saturated heterocycles. The Labute approximate surface area is 97.9 Å². The summed E-state index contributed by atoms with van der Waals surface area (Å²) in [6, 6.07) is 3.47. The molecule has 0 saturated carbocycles. The van der Waals surface area contributed by atoms with Gasteiger partial charge < -0.3 is 0 Å². The minimum Gasteiger partial charge on any atom is -0.212 e. The van der Waals surface area contributed by atoms with Crippen LogP contribution in [0.5, 0.6) is 0 Å². The Morgan fingerprint density at radius 1 is 1.33 bits per heavy atom. The van der Waals surface area contributed by atoms with E-state index in [-0.39, 0.29) is 5.75 Å². The Hall–Kier alpha value is -0.510. The van der Waals surface area contributed by atoms with Gasteiger partial charge in [-0.3, -0.25) is 0 Å². The molecule has 5 heteroatoms. The molecule has 1 aliphatic carbocycles. The Bertz CT molecular complexity index is 533. The summed E-state index contributed by atoms with van der Waals surface area (Å²) in [4.78, 5) is 0. The van der Waals surface area contributed by atoms with Crippen molar-refractivity contribution in [2.45, 2.75) is 12.2 Å². The first-order chi connectivity index (χ1) is 6.96. The van der Waals surface area contributed by atoms with Crippen LogP contribution in [0.3, 0.4) is 0 Å². The van der Waals surface area contributed by atoms with Crippen LogP contribution in [0.25, 0.3) is 6.08 Å². The van der Waals surface area contributed by atoms with Gasteiger partial charge in [-0.2, -0.15) is 0 Å². The van der Waals surface area contributed by atoms with Crippen molar-refractivity contribution in [3.05, 3.63) is 39.9 Å². The second kappa shape index (κ2) is 3.81. The van der Waals surface area contributed by atoms with Crippen LogP contribution in [0.15, 0.2) is 18.2 Å². The Morgan fingerprint density at radius 3 is 2.73 bits per heavy atom. The van der Waals surface area contributed by atoms with Gasteiger partial charge in [0.15, 0.2) is 0 Å². The second-order valence-corrected chi connectivity index (χ2v) is 6.62. The third-order valence-electron chi connectivity index (χ3n) is 2.25. The molecule has 0 N–H and O–H groups in total. The van der Waals surface area contributed by atoms with Crippen LogP contribution in [0, 0.1) is 0 Å². The van der Waals surface area contributed by atoms with Crippen LogP contribution < -0.4 is 0 Å². The molecule has 1 aromatic rings. The summed E-state index contributed by atoms with van der Waals surface area (Å²) in [6.07, 6.45) is 4.74. The van der Waals surface area contributed by atoms with Gasteiger partial charge in [0.25, 0.3) is 0 Å². The minimum atomic E-state index is -3.52. The summed E-state index contributed by atoms with van der Waals surface area (Å²) < 4.78 is 21.8. The van der Waals surface area contributed by atoms with E-state index in [9.17, 15) is 8.42 Å². The van der Waals surface area contributed by atoms with Crippen LogP contribution in [-0.2, 0) is 21.2 Å². The van der Waals surface area contributed by atoms with Gasteiger partial charge in [-0.25, -0.2) is 8.42 Å². The summed E-state index contributed by atoms with van der Waals surface area (Å²) >= 11 is 6.03. The van der Waals surface area contributed by atoms with Gasteiger partial charge in [-0.1, -0.05) is 29.8 Å². The molecule has 0 aliphatic heterocycles. The molecule has 0 radical (unpaired) electrons. The average Bonchev–Trinajstić information content (AvgIpc) is 2.48. The molecule has 0 bridgehead atoms. The van der Waals surface area contributed by atoms with Gasteiger partial charge in [-0.05, 0) is 29.2 Å². The number of hydrogen-bond acceptors (Lipinski definition) is 2. The molecule has 0 atom stereocenters. The molecule has 0 unspecified atom stereocenters. The van der Waals surface area contributed by atoms with Gasteiger partial charge in [0, 0.05) is 15.7 Å². The first-order valence-electron chi connectivity index (χ1n) is 4.36. The summed E-state index contributed by atoms with van der Waals surface area (Å²) in [7, 11) is 1.66. The molecule has 0 spiro atoms. The minimum absolute atomic E-state index is 0.185. The quantitative estimate of drug-likeness (QED) is 0.769. The van der Waals surface area contributed by atoms with Crippen molar-refractivity contribution >= 4 is 37.4 Å². The second-order valence-electron chi connectivity index (χ2n) is 3.44. The smallest absolute Gasteiger partial charge is 0.212 e. The Morgan fingerprint density at radius 2 is 2.07 bits per heavy atom. The molecule has 2 rings (SSSR count). The Balaban J connectivity index is 2.43. The lowest BCUT2D eigenvalue weighted by molar-refractivity contribution is 0.609. The van der Waals surface area contributed by atoms with E-state index in [1.54, 1.807) is 6.07 Å². The number of hydrogen-bond donors (Lipinski definition) is 0. The standard InChI is InChI=1S/C10H8Cl2O2S/c11-10-5-7(6-15(12,13)14)4-8-2-1-3-9(8)10/h1-2,4-5H,3,6H2. The first kappa shape index (κ1) is 11.0. The van der Waals surface area contributed by atoms with Crippen LogP contribution in [0.4, 0.5) is 0 Å². The molecule has 15 heavy (non-hydrogen) atoms. The first-order valence-corrected chi connectivity index (χ1v) is 7.21. The van der Waals surface area contributed by atoms with E-state index in [4.69, 9.17) is 22.3 Å². The Kier molecular flexibility index (Phi) is 2.79. The monoisotopic (exact) mass is 262 g/mol. The van der Waals surface area contributed by atoms with E-state index in [1.807, 2.05) is 18.2 Å². The SMILES string of the molecule is O=S(=O)(Cl)Cc1cc(Cl)c2c(c1)C=CC2. The summed E-state index contributed by atoms with van der Waals surface area (Å²) in [6.45, 7) is 0. The van der Waals surface area contributed by atoms with Crippen molar-refractivity contribution in [1.82, 2.24) is 0 Å². The zero-order valence-corrected chi connectivity index (χ0v) is 10.0. The lowest BCUT2D eigenvalue weighted by atomic mass is 10.1. The van der Waals surface area contributed by atoms with Crippen LogP contribution in [-0.4, -0.2) is 8.42 Å². The lowest BCUT2D eigenvalue weighted by Crippen LogP contribution is -1.96. The number of benzene rings is 1. The van der Waals surface area contributed by atoms with Crippen molar-refractivity contribution in [2.75, 3.05) is 0 Å². The maximum atomic E-state index is 10.9. The maximum absolute atomic E-state index is 10.9. The number of halogens is 2. The van der Waals surface area contributed by atoms with E-state index in [2.05, 4.69) is 0 Å².